The summed E-state index contributed by atoms with van der Waals surface area (Å²) >= 11 is 0. The summed E-state index contributed by atoms with van der Waals surface area (Å²) in [5, 5.41) is 25.3. The van der Waals surface area contributed by atoms with Crippen LogP contribution >= 0.6 is 0 Å². The number of aromatic nitrogens is 2. The Hall–Kier alpha value is -4.54. The molecule has 4 aliphatic heterocycles. The van der Waals surface area contributed by atoms with Crippen molar-refractivity contribution >= 4 is 23.7 Å². The molecule has 1 saturated heterocycles. The fourth-order valence-electron chi connectivity index (χ4n) is 6.27. The smallest absolute Gasteiger partial charge is 0.432 e. The molecule has 0 aliphatic carbocycles. The van der Waals surface area contributed by atoms with Crippen LogP contribution in [0, 0.1) is 0 Å². The van der Waals surface area contributed by atoms with E-state index in [1.165, 1.54) is 0 Å². The molecule has 1 aromatic heterocycles. The maximum atomic E-state index is 13.5. The summed E-state index contributed by atoms with van der Waals surface area (Å²) in [7, 11) is 0. The van der Waals surface area contributed by atoms with Crippen molar-refractivity contribution in [3.63, 3.8) is 0 Å². The number of H-pyrrole nitrogens is 1. The minimum atomic E-state index is -4.70. The molecule has 230 valence electrons. The number of benzene rings is 1. The van der Waals surface area contributed by atoms with Crippen LogP contribution in [0.5, 0.6) is 5.75 Å². The Labute approximate surface area is 243 Å². The number of guanidine groups is 2. The Morgan fingerprint density at radius 1 is 1.23 bits per heavy atom. The van der Waals surface area contributed by atoms with Crippen molar-refractivity contribution < 1.29 is 32.6 Å². The summed E-state index contributed by atoms with van der Waals surface area (Å²) in [6, 6.07) is 3.38. The number of aliphatic imine (C=N–C) groups is 2. The van der Waals surface area contributed by atoms with E-state index in [4.69, 9.17) is 16.2 Å². The van der Waals surface area contributed by atoms with Crippen molar-refractivity contribution in [2.45, 2.75) is 61.8 Å². The highest BCUT2D eigenvalue weighted by molar-refractivity contribution is 5.98. The largest absolute Gasteiger partial charge is 0.492 e. The number of ether oxygens (including phenoxy) is 1. The third-order valence-corrected chi connectivity index (χ3v) is 8.52. The van der Waals surface area contributed by atoms with E-state index in [1.54, 1.807) is 22.1 Å². The number of nitrogens with one attached hydrogen (secondary N) is 4. The van der Waals surface area contributed by atoms with Crippen molar-refractivity contribution in [2.24, 2.45) is 21.5 Å². The summed E-state index contributed by atoms with van der Waals surface area (Å²) in [6.07, 6.45) is -5.19. The molecule has 4 aliphatic rings. The number of alkyl halides is 3. The summed E-state index contributed by atoms with van der Waals surface area (Å²) in [5.74, 6) is -0.856. The first-order valence-corrected chi connectivity index (χ1v) is 13.6. The molecule has 5 heterocycles. The number of nitrogens with zero attached hydrogens (tertiary/aromatic N) is 4. The molecule has 0 bridgehead atoms. The molecule has 5 atom stereocenters. The van der Waals surface area contributed by atoms with Gasteiger partial charge in [0.25, 0.3) is 11.8 Å². The number of nitrogens with two attached hydrogens (primary N) is 2. The fraction of sp³-hybridized carbons (Fsp3) is 0.500. The molecule has 6 rings (SSSR count). The van der Waals surface area contributed by atoms with E-state index in [1.807, 2.05) is 6.07 Å². The van der Waals surface area contributed by atoms with Crippen LogP contribution in [0.2, 0.25) is 0 Å². The molecule has 43 heavy (non-hydrogen) atoms. The first-order valence-electron chi connectivity index (χ1n) is 13.6. The van der Waals surface area contributed by atoms with Gasteiger partial charge in [0, 0.05) is 24.7 Å². The molecule has 2 amide bonds. The summed E-state index contributed by atoms with van der Waals surface area (Å²) in [4.78, 5) is 36.5. The minimum absolute atomic E-state index is 0.00926. The van der Waals surface area contributed by atoms with Gasteiger partial charge in [0.15, 0.2) is 23.3 Å². The standard InChI is InChI=1S/C26H31F3N10O4/c1-24(2)6-7-43-17-11(4-3-5-12(17)24)20(41)33-15-10-39-23(31)34-14(18-25(39,19(15)40)36-22(30)35-18)9-32-21(42)13-8-16(38-37-13)26(27,28)29/h3-5,8,14-15,18-19,40H,6-7,9-10H2,1-2H3,(H2,31,34)(H,32,42)(H,33,41)(H,37,38)(H3,30,35,36)/t14-,15?,18?,19+,25?/m0/s1. The maximum Gasteiger partial charge on any atom is 0.432 e. The molecule has 0 saturated carbocycles. The normalized spacial score (nSPS) is 28.8. The lowest BCUT2D eigenvalue weighted by atomic mass is 9.79. The van der Waals surface area contributed by atoms with Crippen molar-refractivity contribution in [1.29, 1.82) is 0 Å². The third-order valence-electron chi connectivity index (χ3n) is 8.52. The maximum absolute atomic E-state index is 13.5. The highest BCUT2D eigenvalue weighted by Gasteiger charge is 2.65. The van der Waals surface area contributed by atoms with Gasteiger partial charge in [-0.1, -0.05) is 26.0 Å². The van der Waals surface area contributed by atoms with Crippen LogP contribution in [-0.4, -0.2) is 93.5 Å². The number of halogens is 3. The molecular weight excluding hydrogens is 573 g/mol. The first-order chi connectivity index (χ1) is 20.2. The van der Waals surface area contributed by atoms with Crippen LogP contribution in [0.4, 0.5) is 13.2 Å². The molecule has 17 heteroatoms. The number of para-hydroxylation sites is 1. The number of rotatable bonds is 5. The van der Waals surface area contributed by atoms with E-state index in [0.717, 1.165) is 12.0 Å². The van der Waals surface area contributed by atoms with E-state index >= 15 is 0 Å². The monoisotopic (exact) mass is 604 g/mol. The summed E-state index contributed by atoms with van der Waals surface area (Å²) in [5.41, 5.74) is 10.4. The fourth-order valence-corrected chi connectivity index (χ4v) is 6.27. The minimum Gasteiger partial charge on any atom is -0.492 e. The van der Waals surface area contributed by atoms with Gasteiger partial charge < -0.3 is 42.2 Å². The van der Waals surface area contributed by atoms with Gasteiger partial charge in [0.05, 0.1) is 24.3 Å². The van der Waals surface area contributed by atoms with Gasteiger partial charge in [0.2, 0.25) is 0 Å². The Balaban J connectivity index is 1.21. The van der Waals surface area contributed by atoms with E-state index in [0.29, 0.717) is 24.0 Å². The van der Waals surface area contributed by atoms with Crippen molar-refractivity contribution in [3.8, 4) is 5.75 Å². The second kappa shape index (κ2) is 9.75. The van der Waals surface area contributed by atoms with Gasteiger partial charge in [-0.25, -0.2) is 9.98 Å². The molecule has 1 fully saturated rings. The zero-order chi connectivity index (χ0) is 30.9. The predicted octanol–water partition coefficient (Wildman–Crippen LogP) is -0.627. The Morgan fingerprint density at radius 2 is 2.00 bits per heavy atom. The average molecular weight is 605 g/mol. The summed E-state index contributed by atoms with van der Waals surface area (Å²) in [6.45, 7) is 4.48. The number of aliphatic hydroxyl groups excluding tert-OH is 1. The van der Waals surface area contributed by atoms with Gasteiger partial charge in [-0.2, -0.15) is 18.3 Å². The van der Waals surface area contributed by atoms with Crippen LogP contribution < -0.4 is 32.2 Å². The van der Waals surface area contributed by atoms with Crippen LogP contribution in [-0.2, 0) is 11.6 Å². The van der Waals surface area contributed by atoms with E-state index in [2.05, 4.69) is 44.9 Å². The van der Waals surface area contributed by atoms with Crippen LogP contribution in [0.3, 0.4) is 0 Å². The van der Waals surface area contributed by atoms with Crippen molar-refractivity contribution in [2.75, 3.05) is 19.7 Å². The number of carbonyl (C=O) groups excluding carboxylic acids is 2. The molecular formula is C26H31F3N10O4. The van der Waals surface area contributed by atoms with Gasteiger partial charge in [-0.05, 0) is 17.9 Å². The van der Waals surface area contributed by atoms with Crippen LogP contribution in [0.25, 0.3) is 0 Å². The third kappa shape index (κ3) is 4.58. The number of hydrogen-bond donors (Lipinski definition) is 7. The second-order valence-corrected chi connectivity index (χ2v) is 11.6. The number of aromatic amines is 1. The highest BCUT2D eigenvalue weighted by atomic mass is 19.4. The zero-order valence-corrected chi connectivity index (χ0v) is 23.2. The lowest BCUT2D eigenvalue weighted by molar-refractivity contribution is -0.141. The number of carbonyl (C=O) groups is 2. The SMILES string of the molecule is CC1(C)CCOc2c(C(=O)NC3CN4C(N)=N[C@@H](CNC(=O)c5cc(C(F)(F)F)[nH]n5)C5N=C(N)NC54[C@@H]3O)cccc21. The van der Waals surface area contributed by atoms with Gasteiger partial charge in [-0.15, -0.1) is 0 Å². The van der Waals surface area contributed by atoms with E-state index < -0.39 is 59.3 Å². The number of amides is 2. The molecule has 1 aromatic carbocycles. The lowest BCUT2D eigenvalue weighted by Gasteiger charge is -2.46. The van der Waals surface area contributed by atoms with Gasteiger partial charge in [0.1, 0.15) is 23.6 Å². The Bertz CT molecular complexity index is 1540. The Morgan fingerprint density at radius 3 is 2.72 bits per heavy atom. The molecule has 0 radical (unpaired) electrons. The summed E-state index contributed by atoms with van der Waals surface area (Å²) < 4.78 is 44.6. The highest BCUT2D eigenvalue weighted by Crippen LogP contribution is 2.42. The average Bonchev–Trinajstić information content (AvgIpc) is 3.64. The van der Waals surface area contributed by atoms with Gasteiger partial charge in [-0.3, -0.25) is 14.7 Å². The van der Waals surface area contributed by atoms with E-state index in [-0.39, 0.29) is 30.4 Å². The first kappa shape index (κ1) is 28.6. The number of aliphatic hydroxyl groups is 1. The molecule has 9 N–H and O–H groups in total. The molecule has 3 unspecified atom stereocenters. The van der Waals surface area contributed by atoms with Crippen LogP contribution in [0.1, 0.15) is 52.4 Å². The lowest BCUT2D eigenvalue weighted by Crippen LogP contribution is -2.73. The topological polar surface area (TPSA) is 208 Å². The predicted molar refractivity (Wildman–Crippen MR) is 146 cm³/mol. The van der Waals surface area contributed by atoms with Crippen molar-refractivity contribution in [3.05, 3.63) is 46.8 Å². The zero-order valence-electron chi connectivity index (χ0n) is 23.2. The number of fused-ring (bicyclic) bond motifs is 1. The quantitative estimate of drug-likeness (QED) is 0.232. The van der Waals surface area contributed by atoms with Gasteiger partial charge >= 0.3 is 6.18 Å². The van der Waals surface area contributed by atoms with E-state index in [9.17, 15) is 27.9 Å². The Kier molecular flexibility index (Phi) is 6.48. The molecule has 2 aromatic rings. The molecule has 14 nitrogen and oxygen atoms in total. The molecule has 1 spiro atoms. The van der Waals surface area contributed by atoms with Crippen molar-refractivity contribution in [1.82, 2.24) is 31.0 Å². The number of hydrogen-bond acceptors (Lipinski definition) is 11. The van der Waals surface area contributed by atoms with Crippen LogP contribution in [0.15, 0.2) is 34.3 Å². The second-order valence-electron chi connectivity index (χ2n) is 11.6.